The number of nitrogens with one attached hydrogen (secondary N) is 4. The van der Waals surface area contributed by atoms with Gasteiger partial charge in [0, 0.05) is 46.9 Å². The van der Waals surface area contributed by atoms with Crippen LogP contribution in [0.15, 0.2) is 60.7 Å². The summed E-state index contributed by atoms with van der Waals surface area (Å²) in [6.45, 7) is 7.56. The van der Waals surface area contributed by atoms with Gasteiger partial charge >= 0.3 is 12.0 Å². The largest absolute Gasteiger partial charge is 0.491 e. The lowest BCUT2D eigenvalue weighted by Gasteiger charge is -2.28. The highest BCUT2D eigenvalue weighted by Gasteiger charge is 2.29. The molecule has 0 saturated carbocycles. The Hall–Kier alpha value is -7.73. The van der Waals surface area contributed by atoms with Crippen LogP contribution in [0.25, 0.3) is 10.2 Å². The average molecular weight is 1070 g/mol. The maximum Gasteiger partial charge on any atom is 0.355 e. The summed E-state index contributed by atoms with van der Waals surface area (Å²) < 4.78 is 27.9. The summed E-state index contributed by atoms with van der Waals surface area (Å²) in [6, 6.07) is 15.3. The molecule has 76 heavy (non-hydrogen) atoms. The van der Waals surface area contributed by atoms with Crippen molar-refractivity contribution >= 4 is 84.3 Å². The Balaban J connectivity index is 0.919. The maximum absolute atomic E-state index is 15.3. The number of carboxylic acids is 1. The number of fused-ring (bicyclic) bond motifs is 2. The first-order chi connectivity index (χ1) is 36.6. The summed E-state index contributed by atoms with van der Waals surface area (Å²) in [5, 5.41) is 31.9. The van der Waals surface area contributed by atoms with Gasteiger partial charge in [-0.15, -0.1) is 28.0 Å². The second-order valence-electron chi connectivity index (χ2n) is 18.4. The summed E-state index contributed by atoms with van der Waals surface area (Å²) in [4.78, 5) is 63.6. The maximum atomic E-state index is 15.3. The molecule has 0 spiro atoms. The van der Waals surface area contributed by atoms with Gasteiger partial charge in [-0.25, -0.2) is 23.9 Å². The fraction of sp³-hybridized carbons (Fsp3) is 0.370. The lowest BCUT2D eigenvalue weighted by atomic mass is 10.0. The molecule has 6 aromatic rings. The molecule has 1 unspecified atom stereocenters. The molecule has 3 aromatic heterocycles. The molecule has 19 nitrogen and oxygen atoms in total. The SMILES string of the molecule is C#CCOCc1cc(NC(=O)[C@H](CCCNC(N)=O)NC(=O)C(N)C(C)C)ccc1CN(C)CC#Cc1ccc(OCCCc2sc(N3CCCc4c3nnc(Nc3nc5ccccc5s3)c4C)nc2C(=O)O)c(F)c1. The van der Waals surface area contributed by atoms with Crippen molar-refractivity contribution in [1.82, 2.24) is 35.7 Å². The van der Waals surface area contributed by atoms with Crippen LogP contribution < -0.4 is 42.4 Å². The van der Waals surface area contributed by atoms with Crippen molar-refractivity contribution in [2.75, 3.05) is 55.4 Å². The lowest BCUT2D eigenvalue weighted by molar-refractivity contribution is -0.128. The molecule has 3 aromatic carbocycles. The molecular weight excluding hydrogens is 1010 g/mol. The molecule has 0 fully saturated rings. The number of aromatic carboxylic acids is 1. The third kappa shape index (κ3) is 15.0. The van der Waals surface area contributed by atoms with Crippen molar-refractivity contribution < 1.29 is 38.1 Å². The molecule has 398 valence electrons. The van der Waals surface area contributed by atoms with Gasteiger partial charge < -0.3 is 52.2 Å². The second kappa shape index (κ2) is 26.7. The van der Waals surface area contributed by atoms with Gasteiger partial charge in [0.25, 0.3) is 0 Å². The van der Waals surface area contributed by atoms with Crippen molar-refractivity contribution in [3.8, 4) is 29.9 Å². The van der Waals surface area contributed by atoms with Crippen molar-refractivity contribution in [2.45, 2.75) is 84.5 Å². The molecule has 1 aliphatic heterocycles. The Kier molecular flexibility index (Phi) is 19.6. The number of hydrogen-bond donors (Lipinski definition) is 7. The van der Waals surface area contributed by atoms with Gasteiger partial charge in [0.05, 0.1) is 36.0 Å². The number of aryl methyl sites for hydroxylation is 1. The van der Waals surface area contributed by atoms with Crippen molar-refractivity contribution in [3.05, 3.63) is 105 Å². The van der Waals surface area contributed by atoms with E-state index in [0.717, 1.165) is 50.4 Å². The van der Waals surface area contributed by atoms with Crippen LogP contribution in [0.1, 0.15) is 82.7 Å². The topological polar surface area (TPSA) is 265 Å². The van der Waals surface area contributed by atoms with Crippen LogP contribution in [0, 0.1) is 42.8 Å². The zero-order valence-electron chi connectivity index (χ0n) is 42.7. The van der Waals surface area contributed by atoms with Gasteiger partial charge in [0.15, 0.2) is 39.2 Å². The van der Waals surface area contributed by atoms with Crippen LogP contribution in [-0.4, -0.2) is 106 Å². The van der Waals surface area contributed by atoms with Gasteiger partial charge in [0.2, 0.25) is 11.8 Å². The number of urea groups is 1. The molecular formula is C54H61FN12O7S2. The molecule has 0 radical (unpaired) electrons. The molecule has 0 saturated heterocycles. The zero-order valence-corrected chi connectivity index (χ0v) is 44.3. The quantitative estimate of drug-likeness (QED) is 0.0237. The van der Waals surface area contributed by atoms with Crippen LogP contribution in [0.5, 0.6) is 5.75 Å². The molecule has 9 N–H and O–H groups in total. The molecule has 4 amide bonds. The lowest BCUT2D eigenvalue weighted by Crippen LogP contribution is -2.51. The van der Waals surface area contributed by atoms with E-state index in [0.29, 0.717) is 71.8 Å². The number of para-hydroxylation sites is 1. The predicted molar refractivity (Wildman–Crippen MR) is 293 cm³/mol. The van der Waals surface area contributed by atoms with Crippen molar-refractivity contribution in [2.24, 2.45) is 17.4 Å². The van der Waals surface area contributed by atoms with Gasteiger partial charge in [-0.1, -0.05) is 61.1 Å². The number of benzene rings is 3. The molecule has 4 heterocycles. The van der Waals surface area contributed by atoms with Crippen molar-refractivity contribution in [3.63, 3.8) is 0 Å². The Morgan fingerprint density at radius 3 is 2.59 bits per heavy atom. The Morgan fingerprint density at radius 2 is 1.84 bits per heavy atom. The number of hydrogen-bond acceptors (Lipinski definition) is 16. The van der Waals surface area contributed by atoms with Gasteiger partial charge in [-0.05, 0) is 112 Å². The van der Waals surface area contributed by atoms with Crippen molar-refractivity contribution in [1.29, 1.82) is 0 Å². The third-order valence-corrected chi connectivity index (χ3v) is 14.4. The summed E-state index contributed by atoms with van der Waals surface area (Å²) in [6.07, 6.45) is 8.38. The highest BCUT2D eigenvalue weighted by Crippen LogP contribution is 2.39. The number of terminal acetylenes is 1. The predicted octanol–water partition coefficient (Wildman–Crippen LogP) is 7.02. The number of primary amides is 1. The fourth-order valence-electron chi connectivity index (χ4n) is 8.24. The highest BCUT2D eigenvalue weighted by molar-refractivity contribution is 7.22. The van der Waals surface area contributed by atoms with Gasteiger partial charge in [-0.2, -0.15) is 0 Å². The molecule has 0 bridgehead atoms. The fourth-order valence-corrected chi connectivity index (χ4v) is 10.2. The smallest absolute Gasteiger partial charge is 0.355 e. The molecule has 0 aliphatic carbocycles. The summed E-state index contributed by atoms with van der Waals surface area (Å²) in [7, 11) is 1.88. The number of thiazole rings is 2. The monoisotopic (exact) mass is 1070 g/mol. The molecule has 2 atom stereocenters. The van der Waals surface area contributed by atoms with Crippen LogP contribution in [0.4, 0.5) is 36.8 Å². The van der Waals surface area contributed by atoms with E-state index >= 15 is 4.39 Å². The first-order valence-corrected chi connectivity index (χ1v) is 26.3. The number of aromatic nitrogens is 4. The summed E-state index contributed by atoms with van der Waals surface area (Å²) in [5.74, 6) is 7.06. The number of rotatable bonds is 24. The number of amides is 4. The number of carboxylic acid groups (broad SMARTS) is 1. The Bertz CT molecular complexity index is 3130. The zero-order chi connectivity index (χ0) is 54.3. The van der Waals surface area contributed by atoms with Crippen LogP contribution in [0.3, 0.4) is 0 Å². The molecule has 7 rings (SSSR count). The van der Waals surface area contributed by atoms with E-state index < -0.39 is 41.7 Å². The van der Waals surface area contributed by atoms with E-state index in [4.69, 9.17) is 27.4 Å². The van der Waals surface area contributed by atoms with Crippen LogP contribution in [0.2, 0.25) is 0 Å². The van der Waals surface area contributed by atoms with Gasteiger partial charge in [-0.3, -0.25) is 14.5 Å². The molecule has 1 aliphatic rings. The first-order valence-electron chi connectivity index (χ1n) is 24.7. The van der Waals surface area contributed by atoms with E-state index in [1.807, 2.05) is 54.1 Å². The second-order valence-corrected chi connectivity index (χ2v) is 20.5. The minimum Gasteiger partial charge on any atom is -0.491 e. The summed E-state index contributed by atoms with van der Waals surface area (Å²) in [5.41, 5.74) is 16.6. The minimum atomic E-state index is -1.14. The van der Waals surface area contributed by atoms with E-state index in [9.17, 15) is 24.3 Å². The Morgan fingerprint density at radius 1 is 1.03 bits per heavy atom. The summed E-state index contributed by atoms with van der Waals surface area (Å²) >= 11 is 2.83. The number of carbonyl (C=O) groups excluding carboxylic acids is 3. The van der Waals surface area contributed by atoms with E-state index in [1.165, 1.54) is 34.8 Å². The number of nitrogens with zero attached hydrogens (tertiary/aromatic N) is 6. The minimum absolute atomic E-state index is 0.0360. The third-order valence-electron chi connectivity index (χ3n) is 12.3. The van der Waals surface area contributed by atoms with E-state index in [1.54, 1.807) is 32.0 Å². The number of nitrogens with two attached hydrogens (primary N) is 2. The van der Waals surface area contributed by atoms with Crippen LogP contribution in [-0.2, 0) is 40.3 Å². The number of carbonyl (C=O) groups is 4. The van der Waals surface area contributed by atoms with E-state index in [-0.39, 0.29) is 50.1 Å². The number of ether oxygens (including phenoxy) is 2. The standard InChI is InChI=1S/C54H61FN12O7S2/c1-6-26-73-31-36-29-37(59-49(68)41(16-9-23-58-52(57)72)60-50(69)45(56)32(2)3)21-20-35(36)30-66(5)24-10-13-34-19-22-42(39(55)28-34)74-27-12-18-44-46(51(70)71)62-54(76-44)67-25-11-14-38-33(4)47(64-65-48(38)67)63-53-61-40-15-7-8-17-43(40)75-53/h1,7-8,15,17,19-22,28-29,32,41,45H,9,11-12,14,16,18,23-27,30-31,56H2,2-5H3,(H,59,68)(H,60,69)(H,70,71)(H3,57,58,72)(H,61,63,64)/t41-,45?/m0/s1. The number of anilines is 5. The highest BCUT2D eigenvalue weighted by atomic mass is 32.1. The first kappa shape index (κ1) is 56.0. The van der Waals surface area contributed by atoms with E-state index in [2.05, 4.69) is 59.2 Å². The Labute approximate surface area is 448 Å². The number of halogens is 1. The van der Waals surface area contributed by atoms with Gasteiger partial charge in [0.1, 0.15) is 12.6 Å². The normalized spacial score (nSPS) is 12.8. The van der Waals surface area contributed by atoms with Crippen LogP contribution >= 0.6 is 22.7 Å². The molecule has 22 heteroatoms. The average Bonchev–Trinajstić information content (AvgIpc) is 4.03.